The normalized spacial score (nSPS) is 20.6. The molecule has 0 amide bonds. The van der Waals surface area contributed by atoms with Crippen molar-refractivity contribution in [2.75, 3.05) is 11.9 Å². The predicted octanol–water partition coefficient (Wildman–Crippen LogP) is 4.57. The molecule has 4 rings (SSSR count). The number of hydrogen-bond donors (Lipinski definition) is 1. The van der Waals surface area contributed by atoms with Crippen molar-refractivity contribution in [3.8, 4) is 0 Å². The summed E-state index contributed by atoms with van der Waals surface area (Å²) in [6, 6.07) is 23.9. The van der Waals surface area contributed by atoms with Crippen LogP contribution in [0.1, 0.15) is 18.1 Å². The van der Waals surface area contributed by atoms with Crippen LogP contribution in [0.5, 0.6) is 0 Å². The van der Waals surface area contributed by atoms with Gasteiger partial charge in [0.05, 0.1) is 0 Å². The van der Waals surface area contributed by atoms with E-state index < -0.39 is 0 Å². The maximum Gasteiger partial charge on any atom is 0.0382 e. The molecule has 0 aliphatic carbocycles. The standard InChI is InChI=1S/C19H17N/c1-19(13-20-18-12-5-4-10-17(18)19)16-11-6-8-14-7-2-3-9-15(14)16/h2-12,20H,13H2,1H3. The molecule has 1 unspecified atom stereocenters. The van der Waals surface area contributed by atoms with Crippen LogP contribution in [0, 0.1) is 0 Å². The average Bonchev–Trinajstić information content (AvgIpc) is 2.86. The van der Waals surface area contributed by atoms with E-state index in [0.29, 0.717) is 0 Å². The van der Waals surface area contributed by atoms with Gasteiger partial charge in [0.25, 0.3) is 0 Å². The lowest BCUT2D eigenvalue weighted by Crippen LogP contribution is -2.26. The summed E-state index contributed by atoms with van der Waals surface area (Å²) >= 11 is 0. The first-order valence-corrected chi connectivity index (χ1v) is 7.11. The molecule has 3 aromatic rings. The zero-order chi connectivity index (χ0) is 13.6. The molecule has 1 N–H and O–H groups in total. The molecule has 1 heteroatoms. The minimum Gasteiger partial charge on any atom is -0.384 e. The third-order valence-corrected chi connectivity index (χ3v) is 4.54. The van der Waals surface area contributed by atoms with Crippen molar-refractivity contribution >= 4 is 16.5 Å². The Balaban J connectivity index is 2.01. The molecule has 0 bridgehead atoms. The Kier molecular flexibility index (Phi) is 2.37. The van der Waals surface area contributed by atoms with Crippen LogP contribution < -0.4 is 5.32 Å². The van der Waals surface area contributed by atoms with Crippen molar-refractivity contribution in [3.05, 3.63) is 77.9 Å². The number of nitrogens with one attached hydrogen (secondary N) is 1. The van der Waals surface area contributed by atoms with Crippen molar-refractivity contribution < 1.29 is 0 Å². The van der Waals surface area contributed by atoms with Crippen molar-refractivity contribution in [2.45, 2.75) is 12.3 Å². The molecule has 1 heterocycles. The van der Waals surface area contributed by atoms with Gasteiger partial charge in [-0.1, -0.05) is 60.7 Å². The number of benzene rings is 3. The fourth-order valence-corrected chi connectivity index (χ4v) is 3.43. The maximum absolute atomic E-state index is 3.55. The van der Waals surface area contributed by atoms with E-state index in [1.807, 2.05) is 0 Å². The molecule has 98 valence electrons. The highest BCUT2D eigenvalue weighted by molar-refractivity contribution is 5.88. The van der Waals surface area contributed by atoms with Gasteiger partial charge in [-0.3, -0.25) is 0 Å². The summed E-state index contributed by atoms with van der Waals surface area (Å²) in [4.78, 5) is 0. The molecule has 1 aliphatic rings. The quantitative estimate of drug-likeness (QED) is 0.675. The Morgan fingerprint density at radius 3 is 2.45 bits per heavy atom. The van der Waals surface area contributed by atoms with E-state index in [1.165, 1.54) is 27.6 Å². The van der Waals surface area contributed by atoms with Crippen LogP contribution in [-0.2, 0) is 5.41 Å². The zero-order valence-electron chi connectivity index (χ0n) is 11.6. The minimum absolute atomic E-state index is 0.0391. The van der Waals surface area contributed by atoms with Gasteiger partial charge in [0.1, 0.15) is 0 Å². The fourth-order valence-electron chi connectivity index (χ4n) is 3.43. The Morgan fingerprint density at radius 1 is 0.800 bits per heavy atom. The van der Waals surface area contributed by atoms with Gasteiger partial charge in [0.15, 0.2) is 0 Å². The SMILES string of the molecule is CC1(c2cccc3ccccc23)CNc2ccccc21. The van der Waals surface area contributed by atoms with Gasteiger partial charge in [0.2, 0.25) is 0 Å². The van der Waals surface area contributed by atoms with Crippen LogP contribution in [0.25, 0.3) is 10.8 Å². The molecule has 0 fully saturated rings. The highest BCUT2D eigenvalue weighted by Gasteiger charge is 2.36. The first-order chi connectivity index (χ1) is 9.79. The van der Waals surface area contributed by atoms with Crippen LogP contribution >= 0.6 is 0 Å². The van der Waals surface area contributed by atoms with Crippen molar-refractivity contribution in [2.24, 2.45) is 0 Å². The van der Waals surface area contributed by atoms with Gasteiger partial charge in [-0.2, -0.15) is 0 Å². The molecule has 0 saturated heterocycles. The van der Waals surface area contributed by atoms with E-state index in [1.54, 1.807) is 0 Å². The number of rotatable bonds is 1. The van der Waals surface area contributed by atoms with Gasteiger partial charge in [-0.05, 0) is 34.9 Å². The predicted molar refractivity (Wildman–Crippen MR) is 85.3 cm³/mol. The molecule has 0 radical (unpaired) electrons. The van der Waals surface area contributed by atoms with Gasteiger partial charge >= 0.3 is 0 Å². The zero-order valence-corrected chi connectivity index (χ0v) is 11.6. The lowest BCUT2D eigenvalue weighted by atomic mass is 9.76. The molecular weight excluding hydrogens is 242 g/mol. The highest BCUT2D eigenvalue weighted by Crippen LogP contribution is 2.43. The number of anilines is 1. The molecule has 0 spiro atoms. The third kappa shape index (κ3) is 1.50. The largest absolute Gasteiger partial charge is 0.384 e. The van der Waals surface area contributed by atoms with Gasteiger partial charge in [0, 0.05) is 17.6 Å². The Bertz CT molecular complexity index is 785. The van der Waals surface area contributed by atoms with E-state index in [2.05, 4.69) is 79.0 Å². The summed E-state index contributed by atoms with van der Waals surface area (Å²) in [5, 5.41) is 6.23. The summed E-state index contributed by atoms with van der Waals surface area (Å²) in [5.74, 6) is 0. The minimum atomic E-state index is 0.0391. The van der Waals surface area contributed by atoms with Crippen molar-refractivity contribution in [1.82, 2.24) is 0 Å². The molecule has 3 aromatic carbocycles. The van der Waals surface area contributed by atoms with E-state index in [4.69, 9.17) is 0 Å². The molecule has 0 saturated carbocycles. The van der Waals surface area contributed by atoms with Gasteiger partial charge in [-0.15, -0.1) is 0 Å². The van der Waals surface area contributed by atoms with E-state index >= 15 is 0 Å². The van der Waals surface area contributed by atoms with Crippen LogP contribution in [0.3, 0.4) is 0 Å². The molecule has 1 atom stereocenters. The van der Waals surface area contributed by atoms with Crippen molar-refractivity contribution in [3.63, 3.8) is 0 Å². The van der Waals surface area contributed by atoms with Gasteiger partial charge in [-0.25, -0.2) is 0 Å². The highest BCUT2D eigenvalue weighted by atomic mass is 14.9. The number of hydrogen-bond acceptors (Lipinski definition) is 1. The Morgan fingerprint density at radius 2 is 1.50 bits per heavy atom. The monoisotopic (exact) mass is 259 g/mol. The molecule has 0 aromatic heterocycles. The van der Waals surface area contributed by atoms with Crippen LogP contribution in [-0.4, -0.2) is 6.54 Å². The molecule has 20 heavy (non-hydrogen) atoms. The number of fused-ring (bicyclic) bond motifs is 2. The lowest BCUT2D eigenvalue weighted by Gasteiger charge is -2.26. The lowest BCUT2D eigenvalue weighted by molar-refractivity contribution is 0.642. The van der Waals surface area contributed by atoms with Crippen molar-refractivity contribution in [1.29, 1.82) is 0 Å². The molecular formula is C19H17N. The first kappa shape index (κ1) is 11.5. The Labute approximate surface area is 119 Å². The fraction of sp³-hybridized carbons (Fsp3) is 0.158. The second-order valence-corrected chi connectivity index (χ2v) is 5.76. The van der Waals surface area contributed by atoms with Crippen LogP contribution in [0.2, 0.25) is 0 Å². The first-order valence-electron chi connectivity index (χ1n) is 7.11. The van der Waals surface area contributed by atoms with Crippen LogP contribution in [0.4, 0.5) is 5.69 Å². The maximum atomic E-state index is 3.55. The molecule has 1 aliphatic heterocycles. The smallest absolute Gasteiger partial charge is 0.0382 e. The summed E-state index contributed by atoms with van der Waals surface area (Å²) in [6.07, 6.45) is 0. The number of para-hydroxylation sites is 1. The third-order valence-electron chi connectivity index (χ3n) is 4.54. The summed E-state index contributed by atoms with van der Waals surface area (Å²) in [6.45, 7) is 3.30. The van der Waals surface area contributed by atoms with E-state index in [9.17, 15) is 0 Å². The Hall–Kier alpha value is -2.28. The topological polar surface area (TPSA) is 12.0 Å². The average molecular weight is 259 g/mol. The van der Waals surface area contributed by atoms with Gasteiger partial charge < -0.3 is 5.32 Å². The van der Waals surface area contributed by atoms with E-state index in [-0.39, 0.29) is 5.41 Å². The van der Waals surface area contributed by atoms with E-state index in [0.717, 1.165) is 6.54 Å². The second-order valence-electron chi connectivity index (χ2n) is 5.76. The summed E-state index contributed by atoms with van der Waals surface area (Å²) in [7, 11) is 0. The summed E-state index contributed by atoms with van der Waals surface area (Å²) in [5.41, 5.74) is 4.12. The van der Waals surface area contributed by atoms with Crippen LogP contribution in [0.15, 0.2) is 66.7 Å². The molecule has 1 nitrogen and oxygen atoms in total. The summed E-state index contributed by atoms with van der Waals surface area (Å²) < 4.78 is 0. The second kappa shape index (κ2) is 4.11.